The Morgan fingerprint density at radius 3 is 2.58 bits per heavy atom. The van der Waals surface area contributed by atoms with E-state index in [4.69, 9.17) is 21.8 Å². The maximum atomic E-state index is 11.6. The van der Waals surface area contributed by atoms with Gasteiger partial charge in [0.25, 0.3) is 0 Å². The lowest BCUT2D eigenvalue weighted by Gasteiger charge is -2.13. The molecule has 1 aromatic heterocycles. The van der Waals surface area contributed by atoms with Crippen molar-refractivity contribution in [3.05, 3.63) is 71.1 Å². The number of halogens is 1. The highest BCUT2D eigenvalue weighted by Crippen LogP contribution is 2.33. The molecule has 1 heterocycles. The molecule has 2 aromatic carbocycles. The van der Waals surface area contributed by atoms with Crippen molar-refractivity contribution in [3.8, 4) is 11.1 Å². The third-order valence-electron chi connectivity index (χ3n) is 3.59. The second-order valence-electron chi connectivity index (χ2n) is 5.24. The number of nitrogens with two attached hydrogens (primary N) is 1. The number of furan rings is 1. The SMILES string of the molecule is Nc1ccc(-c2cc(C(=O)O)c(NCc3ccco3)cc2Cl)cc1. The molecule has 122 valence electrons. The summed E-state index contributed by atoms with van der Waals surface area (Å²) in [7, 11) is 0. The summed E-state index contributed by atoms with van der Waals surface area (Å²) in [5.74, 6) is -0.338. The second-order valence-corrected chi connectivity index (χ2v) is 5.64. The smallest absolute Gasteiger partial charge is 0.337 e. The van der Waals surface area contributed by atoms with Crippen LogP contribution in [0.2, 0.25) is 5.02 Å². The fourth-order valence-corrected chi connectivity index (χ4v) is 2.65. The first-order valence-corrected chi connectivity index (χ1v) is 7.61. The molecular formula is C18H15ClN2O3. The summed E-state index contributed by atoms with van der Waals surface area (Å²) in [6, 6.07) is 13.8. The zero-order valence-corrected chi connectivity index (χ0v) is 13.4. The molecular weight excluding hydrogens is 328 g/mol. The van der Waals surface area contributed by atoms with E-state index in [9.17, 15) is 9.90 Å². The summed E-state index contributed by atoms with van der Waals surface area (Å²) in [5, 5.41) is 13.0. The molecule has 0 aliphatic rings. The lowest BCUT2D eigenvalue weighted by atomic mass is 10.0. The van der Waals surface area contributed by atoms with Crippen molar-refractivity contribution in [1.82, 2.24) is 0 Å². The van der Waals surface area contributed by atoms with Crippen molar-refractivity contribution in [2.45, 2.75) is 6.54 Å². The van der Waals surface area contributed by atoms with Crippen molar-refractivity contribution in [1.29, 1.82) is 0 Å². The van der Waals surface area contributed by atoms with Gasteiger partial charge in [-0.05, 0) is 42.0 Å². The molecule has 3 rings (SSSR count). The Kier molecular flexibility index (Phi) is 4.44. The molecule has 4 N–H and O–H groups in total. The zero-order chi connectivity index (χ0) is 17.1. The summed E-state index contributed by atoms with van der Waals surface area (Å²) in [6.45, 7) is 0.366. The van der Waals surface area contributed by atoms with Crippen LogP contribution in [0.3, 0.4) is 0 Å². The van der Waals surface area contributed by atoms with E-state index < -0.39 is 5.97 Å². The van der Waals surface area contributed by atoms with Crippen LogP contribution in [0.15, 0.2) is 59.2 Å². The molecule has 0 aliphatic heterocycles. The van der Waals surface area contributed by atoms with Crippen LogP contribution in [0.4, 0.5) is 11.4 Å². The average Bonchev–Trinajstić information content (AvgIpc) is 3.07. The number of nitrogen functional groups attached to an aromatic ring is 1. The number of benzene rings is 2. The van der Waals surface area contributed by atoms with E-state index in [-0.39, 0.29) is 5.56 Å². The van der Waals surface area contributed by atoms with Crippen LogP contribution in [0.1, 0.15) is 16.1 Å². The standard InChI is InChI=1S/C18H15ClN2O3/c19-16-9-17(21-10-13-2-1-7-24-13)15(18(22)23)8-14(16)11-3-5-12(20)6-4-11/h1-9,21H,10,20H2,(H,22,23). The first kappa shape index (κ1) is 16.0. The Morgan fingerprint density at radius 1 is 1.21 bits per heavy atom. The van der Waals surface area contributed by atoms with E-state index in [1.807, 2.05) is 0 Å². The molecule has 0 unspecified atom stereocenters. The van der Waals surface area contributed by atoms with Gasteiger partial charge >= 0.3 is 5.97 Å². The molecule has 5 nitrogen and oxygen atoms in total. The predicted molar refractivity (Wildman–Crippen MR) is 94.3 cm³/mol. The normalized spacial score (nSPS) is 10.5. The molecule has 0 radical (unpaired) electrons. The number of rotatable bonds is 5. The summed E-state index contributed by atoms with van der Waals surface area (Å²) in [5.41, 5.74) is 8.32. The van der Waals surface area contributed by atoms with Gasteiger partial charge in [-0.3, -0.25) is 0 Å². The predicted octanol–water partition coefficient (Wildman–Crippen LogP) is 4.49. The van der Waals surface area contributed by atoms with Gasteiger partial charge in [0.15, 0.2) is 0 Å². The Morgan fingerprint density at radius 2 is 1.96 bits per heavy atom. The number of carboxylic acid groups (broad SMARTS) is 1. The quantitative estimate of drug-likeness (QED) is 0.594. The van der Waals surface area contributed by atoms with E-state index in [0.29, 0.717) is 34.3 Å². The number of aromatic carboxylic acids is 1. The monoisotopic (exact) mass is 342 g/mol. The van der Waals surface area contributed by atoms with Crippen LogP contribution in [-0.2, 0) is 6.54 Å². The highest BCUT2D eigenvalue weighted by molar-refractivity contribution is 6.34. The molecule has 0 saturated heterocycles. The maximum Gasteiger partial charge on any atom is 0.337 e. The van der Waals surface area contributed by atoms with Gasteiger partial charge < -0.3 is 20.6 Å². The van der Waals surface area contributed by atoms with Crippen molar-refractivity contribution in [2.75, 3.05) is 11.1 Å². The minimum absolute atomic E-state index is 0.137. The second kappa shape index (κ2) is 6.68. The van der Waals surface area contributed by atoms with E-state index in [1.165, 1.54) is 0 Å². The van der Waals surface area contributed by atoms with Crippen LogP contribution < -0.4 is 11.1 Å². The number of anilines is 2. The first-order valence-electron chi connectivity index (χ1n) is 7.23. The molecule has 24 heavy (non-hydrogen) atoms. The number of hydrogen-bond acceptors (Lipinski definition) is 4. The summed E-state index contributed by atoms with van der Waals surface area (Å²) in [6.07, 6.45) is 1.56. The molecule has 0 spiro atoms. The van der Waals surface area contributed by atoms with Crippen LogP contribution in [0.5, 0.6) is 0 Å². The summed E-state index contributed by atoms with van der Waals surface area (Å²) >= 11 is 6.35. The van der Waals surface area contributed by atoms with Gasteiger partial charge in [0, 0.05) is 11.3 Å². The number of hydrogen-bond donors (Lipinski definition) is 3. The molecule has 6 heteroatoms. The minimum atomic E-state index is -1.04. The van der Waals surface area contributed by atoms with E-state index in [2.05, 4.69) is 5.32 Å². The minimum Gasteiger partial charge on any atom is -0.478 e. The van der Waals surface area contributed by atoms with Gasteiger partial charge in [-0.15, -0.1) is 0 Å². The first-order chi connectivity index (χ1) is 11.5. The average molecular weight is 343 g/mol. The van der Waals surface area contributed by atoms with E-state index in [1.54, 1.807) is 54.8 Å². The van der Waals surface area contributed by atoms with E-state index in [0.717, 1.165) is 5.56 Å². The molecule has 0 amide bonds. The van der Waals surface area contributed by atoms with Crippen LogP contribution in [-0.4, -0.2) is 11.1 Å². The third-order valence-corrected chi connectivity index (χ3v) is 3.91. The van der Waals surface area contributed by atoms with Crippen molar-refractivity contribution in [3.63, 3.8) is 0 Å². The lowest BCUT2D eigenvalue weighted by Crippen LogP contribution is -2.06. The zero-order valence-electron chi connectivity index (χ0n) is 12.6. The van der Waals surface area contributed by atoms with Crippen LogP contribution in [0, 0.1) is 0 Å². The highest BCUT2D eigenvalue weighted by atomic mass is 35.5. The Labute approximate surface area is 143 Å². The molecule has 0 atom stereocenters. The van der Waals surface area contributed by atoms with Gasteiger partial charge in [0.05, 0.1) is 29.1 Å². The van der Waals surface area contributed by atoms with Crippen molar-refractivity contribution in [2.24, 2.45) is 0 Å². The summed E-state index contributed by atoms with van der Waals surface area (Å²) in [4.78, 5) is 11.6. The topological polar surface area (TPSA) is 88.5 Å². The van der Waals surface area contributed by atoms with Crippen molar-refractivity contribution < 1.29 is 14.3 Å². The van der Waals surface area contributed by atoms with Gasteiger partial charge in [0.1, 0.15) is 5.76 Å². The number of carbonyl (C=O) groups is 1. The number of nitrogens with one attached hydrogen (secondary N) is 1. The van der Waals surface area contributed by atoms with Gasteiger partial charge in [-0.25, -0.2) is 4.79 Å². The van der Waals surface area contributed by atoms with Gasteiger partial charge in [-0.1, -0.05) is 23.7 Å². The Bertz CT molecular complexity index is 859. The molecule has 0 saturated carbocycles. The van der Waals surface area contributed by atoms with Crippen LogP contribution in [0.25, 0.3) is 11.1 Å². The largest absolute Gasteiger partial charge is 0.478 e. The van der Waals surface area contributed by atoms with Crippen LogP contribution >= 0.6 is 11.6 Å². The van der Waals surface area contributed by atoms with Gasteiger partial charge in [-0.2, -0.15) is 0 Å². The van der Waals surface area contributed by atoms with Gasteiger partial charge in [0.2, 0.25) is 0 Å². The third kappa shape index (κ3) is 3.36. The highest BCUT2D eigenvalue weighted by Gasteiger charge is 2.15. The number of carboxylic acids is 1. The van der Waals surface area contributed by atoms with E-state index >= 15 is 0 Å². The Hall–Kier alpha value is -2.92. The molecule has 0 fully saturated rings. The maximum absolute atomic E-state index is 11.6. The molecule has 0 bridgehead atoms. The lowest BCUT2D eigenvalue weighted by molar-refractivity contribution is 0.0698. The summed E-state index contributed by atoms with van der Waals surface area (Å²) < 4.78 is 5.24. The molecule has 3 aromatic rings. The van der Waals surface area contributed by atoms with Crippen molar-refractivity contribution >= 4 is 28.9 Å². The fraction of sp³-hybridized carbons (Fsp3) is 0.0556. The fourth-order valence-electron chi connectivity index (χ4n) is 2.38. The Balaban J connectivity index is 1.97. The molecule has 0 aliphatic carbocycles.